The van der Waals surface area contributed by atoms with Crippen LogP contribution in [0.4, 0.5) is 0 Å². The van der Waals surface area contributed by atoms with Crippen LogP contribution in [0.5, 0.6) is 0 Å². The second-order valence-electron chi connectivity index (χ2n) is 6.91. The van der Waals surface area contributed by atoms with Crippen LogP contribution in [0.25, 0.3) is 0 Å². The fourth-order valence-electron chi connectivity index (χ4n) is 2.55. The maximum Gasteiger partial charge on any atom is -0.0262 e. The van der Waals surface area contributed by atoms with Crippen LogP contribution in [0.1, 0.15) is 92.4 Å². The zero-order chi connectivity index (χ0) is 14.5. The largest absolute Gasteiger partial charge is 0.0883 e. The van der Waals surface area contributed by atoms with Crippen LogP contribution in [0.15, 0.2) is 12.2 Å². The fourth-order valence-corrected chi connectivity index (χ4v) is 2.55. The Kier molecular flexibility index (Phi) is 12.6. The van der Waals surface area contributed by atoms with Gasteiger partial charge in [0, 0.05) is 0 Å². The lowest BCUT2D eigenvalue weighted by molar-refractivity contribution is 0.413. The van der Waals surface area contributed by atoms with Crippen LogP contribution in [0.2, 0.25) is 0 Å². The molecule has 2 atom stereocenters. The normalized spacial score (nSPS) is 15.3. The van der Waals surface area contributed by atoms with E-state index in [0.717, 1.165) is 17.8 Å². The zero-order valence-corrected chi connectivity index (χ0v) is 14.3. The van der Waals surface area contributed by atoms with Gasteiger partial charge in [-0.25, -0.2) is 0 Å². The Hall–Kier alpha value is -0.260. The van der Waals surface area contributed by atoms with Gasteiger partial charge in [0.15, 0.2) is 0 Å². The molecule has 0 nitrogen and oxygen atoms in total. The molecule has 0 aromatic heterocycles. The molecule has 0 aliphatic rings. The Morgan fingerprint density at radius 1 is 0.789 bits per heavy atom. The van der Waals surface area contributed by atoms with Gasteiger partial charge in [0.1, 0.15) is 0 Å². The quantitative estimate of drug-likeness (QED) is 0.263. The van der Waals surface area contributed by atoms with E-state index in [-0.39, 0.29) is 0 Å². The van der Waals surface area contributed by atoms with Crippen molar-refractivity contribution >= 4 is 0 Å². The summed E-state index contributed by atoms with van der Waals surface area (Å²) in [6, 6.07) is 0. The number of rotatable bonds is 12. The lowest BCUT2D eigenvalue weighted by Gasteiger charge is -2.13. The molecule has 0 N–H and O–H groups in total. The summed E-state index contributed by atoms with van der Waals surface area (Å²) in [6.07, 6.45) is 17.2. The molecule has 0 heterocycles. The summed E-state index contributed by atoms with van der Waals surface area (Å²) in [4.78, 5) is 0. The van der Waals surface area contributed by atoms with Gasteiger partial charge in [0.05, 0.1) is 0 Å². The SMILES string of the molecule is CCCC/C=C/C(C)CCCC(C)CCCC(C)C. The minimum Gasteiger partial charge on any atom is -0.0883 e. The summed E-state index contributed by atoms with van der Waals surface area (Å²) in [5, 5.41) is 0. The van der Waals surface area contributed by atoms with Crippen LogP contribution in [-0.4, -0.2) is 0 Å². The summed E-state index contributed by atoms with van der Waals surface area (Å²) in [5.41, 5.74) is 0. The average Bonchev–Trinajstić information content (AvgIpc) is 2.34. The van der Waals surface area contributed by atoms with Crippen molar-refractivity contribution in [1.29, 1.82) is 0 Å². The van der Waals surface area contributed by atoms with E-state index in [9.17, 15) is 0 Å². The zero-order valence-electron chi connectivity index (χ0n) is 14.3. The molecule has 0 spiro atoms. The molecule has 2 unspecified atom stereocenters. The molecule has 0 aliphatic heterocycles. The number of hydrogen-bond donors (Lipinski definition) is 0. The van der Waals surface area contributed by atoms with Crippen LogP contribution in [0.3, 0.4) is 0 Å². The van der Waals surface area contributed by atoms with Gasteiger partial charge in [-0.3, -0.25) is 0 Å². The van der Waals surface area contributed by atoms with Crippen LogP contribution in [0, 0.1) is 17.8 Å². The molecule has 0 heteroatoms. The van der Waals surface area contributed by atoms with Gasteiger partial charge in [0.25, 0.3) is 0 Å². The van der Waals surface area contributed by atoms with Crippen LogP contribution in [-0.2, 0) is 0 Å². The molecule has 0 radical (unpaired) electrons. The average molecular weight is 267 g/mol. The third-order valence-electron chi connectivity index (χ3n) is 4.02. The first-order valence-electron chi connectivity index (χ1n) is 8.72. The first-order chi connectivity index (χ1) is 9.06. The predicted octanol–water partition coefficient (Wildman–Crippen LogP) is 7.00. The van der Waals surface area contributed by atoms with Gasteiger partial charge in [-0.05, 0) is 30.6 Å². The van der Waals surface area contributed by atoms with E-state index in [1.807, 2.05) is 0 Å². The molecule has 0 saturated heterocycles. The maximum absolute atomic E-state index is 2.43. The minimum absolute atomic E-state index is 0.778. The Bertz CT molecular complexity index is 202. The molecule has 0 bridgehead atoms. The summed E-state index contributed by atoms with van der Waals surface area (Å²) in [7, 11) is 0. The molecule has 0 rings (SSSR count). The monoisotopic (exact) mass is 266 g/mol. The van der Waals surface area contributed by atoms with E-state index in [1.54, 1.807) is 0 Å². The van der Waals surface area contributed by atoms with Crippen molar-refractivity contribution < 1.29 is 0 Å². The molecule has 0 aliphatic carbocycles. The standard InChI is InChI=1S/C19H38/c1-6-7-8-9-13-18(4)15-11-16-19(5)14-10-12-17(2)3/h9,13,17-19H,6-8,10-12,14-16H2,1-5H3/b13-9+. The predicted molar refractivity (Wildman–Crippen MR) is 89.5 cm³/mol. The van der Waals surface area contributed by atoms with Gasteiger partial charge < -0.3 is 0 Å². The molecule has 0 aromatic rings. The number of allylic oxidation sites excluding steroid dienone is 2. The fraction of sp³-hybridized carbons (Fsp3) is 0.895. The van der Waals surface area contributed by atoms with E-state index in [0.29, 0.717) is 0 Å². The van der Waals surface area contributed by atoms with Crippen molar-refractivity contribution in [3.63, 3.8) is 0 Å². The first kappa shape index (κ1) is 18.7. The highest BCUT2D eigenvalue weighted by Crippen LogP contribution is 2.19. The van der Waals surface area contributed by atoms with Crippen LogP contribution < -0.4 is 0 Å². The van der Waals surface area contributed by atoms with E-state index >= 15 is 0 Å². The van der Waals surface area contributed by atoms with Gasteiger partial charge in [-0.2, -0.15) is 0 Å². The summed E-state index contributed by atoms with van der Waals surface area (Å²) in [5.74, 6) is 2.58. The van der Waals surface area contributed by atoms with Crippen molar-refractivity contribution in [3.8, 4) is 0 Å². The smallest absolute Gasteiger partial charge is 0.0262 e. The van der Waals surface area contributed by atoms with Crippen molar-refractivity contribution in [2.45, 2.75) is 92.4 Å². The summed E-state index contributed by atoms with van der Waals surface area (Å²) < 4.78 is 0. The summed E-state index contributed by atoms with van der Waals surface area (Å²) in [6.45, 7) is 11.7. The third kappa shape index (κ3) is 14.0. The topological polar surface area (TPSA) is 0 Å². The lowest BCUT2D eigenvalue weighted by Crippen LogP contribution is -1.98. The highest BCUT2D eigenvalue weighted by Gasteiger charge is 2.04. The molecule has 0 saturated carbocycles. The molecular weight excluding hydrogens is 228 g/mol. The first-order valence-corrected chi connectivity index (χ1v) is 8.72. The molecule has 0 aromatic carbocycles. The Morgan fingerprint density at radius 2 is 1.42 bits per heavy atom. The lowest BCUT2D eigenvalue weighted by atomic mass is 9.93. The highest BCUT2D eigenvalue weighted by molar-refractivity contribution is 4.86. The van der Waals surface area contributed by atoms with Gasteiger partial charge in [-0.15, -0.1) is 0 Å². The third-order valence-corrected chi connectivity index (χ3v) is 4.02. The van der Waals surface area contributed by atoms with E-state index in [2.05, 4.69) is 46.8 Å². The molecule has 114 valence electrons. The molecule has 19 heavy (non-hydrogen) atoms. The van der Waals surface area contributed by atoms with Crippen LogP contribution >= 0.6 is 0 Å². The maximum atomic E-state index is 2.43. The minimum atomic E-state index is 0.778. The Labute approximate surface area is 123 Å². The molecule has 0 amide bonds. The van der Waals surface area contributed by atoms with Gasteiger partial charge >= 0.3 is 0 Å². The highest BCUT2D eigenvalue weighted by atomic mass is 14.1. The summed E-state index contributed by atoms with van der Waals surface area (Å²) >= 11 is 0. The van der Waals surface area contributed by atoms with Crippen molar-refractivity contribution in [2.24, 2.45) is 17.8 Å². The second-order valence-corrected chi connectivity index (χ2v) is 6.91. The van der Waals surface area contributed by atoms with Gasteiger partial charge in [0.2, 0.25) is 0 Å². The number of hydrogen-bond acceptors (Lipinski definition) is 0. The van der Waals surface area contributed by atoms with E-state index in [1.165, 1.54) is 57.8 Å². The van der Waals surface area contributed by atoms with Crippen molar-refractivity contribution in [3.05, 3.63) is 12.2 Å². The van der Waals surface area contributed by atoms with Gasteiger partial charge in [-0.1, -0.05) is 91.7 Å². The molecule has 0 fully saturated rings. The molecular formula is C19H38. The Balaban J connectivity index is 3.47. The number of unbranched alkanes of at least 4 members (excludes halogenated alkanes) is 2. The second kappa shape index (κ2) is 12.8. The van der Waals surface area contributed by atoms with Crippen molar-refractivity contribution in [2.75, 3.05) is 0 Å². The van der Waals surface area contributed by atoms with E-state index < -0.39 is 0 Å². The van der Waals surface area contributed by atoms with Crippen molar-refractivity contribution in [1.82, 2.24) is 0 Å². The Morgan fingerprint density at radius 3 is 2.00 bits per heavy atom. The van der Waals surface area contributed by atoms with E-state index in [4.69, 9.17) is 0 Å².